The molecule has 0 heterocycles. The van der Waals surface area contributed by atoms with E-state index in [4.69, 9.17) is 16.7 Å². The van der Waals surface area contributed by atoms with Crippen LogP contribution in [0.4, 0.5) is 5.69 Å². The molecule has 0 aliphatic carbocycles. The van der Waals surface area contributed by atoms with Crippen LogP contribution in [0.1, 0.15) is 16.5 Å². The lowest BCUT2D eigenvalue weighted by Crippen LogP contribution is -2.17. The zero-order valence-electron chi connectivity index (χ0n) is 10.2. The summed E-state index contributed by atoms with van der Waals surface area (Å²) in [6.07, 6.45) is 0. The number of carbonyl (C=O) groups excluding carboxylic acids is 1. The van der Waals surface area contributed by atoms with Crippen LogP contribution in [-0.2, 0) is 11.4 Å². The van der Waals surface area contributed by atoms with Crippen molar-refractivity contribution < 1.29 is 9.90 Å². The number of anilines is 1. The van der Waals surface area contributed by atoms with Crippen LogP contribution >= 0.6 is 11.6 Å². The highest BCUT2D eigenvalue weighted by Crippen LogP contribution is 2.22. The summed E-state index contributed by atoms with van der Waals surface area (Å²) in [6.45, 7) is -0.0175. The predicted octanol–water partition coefficient (Wildman–Crippen LogP) is 3.10. The maximum atomic E-state index is 12.0. The second kappa shape index (κ2) is 6.36. The van der Waals surface area contributed by atoms with Crippen molar-refractivity contribution in [2.24, 2.45) is 0 Å². The topological polar surface area (TPSA) is 49.3 Å². The summed E-state index contributed by atoms with van der Waals surface area (Å²) in [4.78, 5) is 12.0. The minimum Gasteiger partial charge on any atom is -0.392 e. The number of alkyl halides is 1. The molecular weight excluding hydrogens is 262 g/mol. The molecule has 3 nitrogen and oxygen atoms in total. The van der Waals surface area contributed by atoms with Crippen LogP contribution in [0.15, 0.2) is 54.6 Å². The number of aliphatic hydroxyl groups excluding tert-OH is 1. The average Bonchev–Trinajstić information content (AvgIpc) is 2.48. The van der Waals surface area contributed by atoms with E-state index < -0.39 is 5.38 Å². The Morgan fingerprint density at radius 2 is 1.74 bits per heavy atom. The lowest BCUT2D eigenvalue weighted by molar-refractivity contribution is -0.116. The molecule has 4 heteroatoms. The Morgan fingerprint density at radius 3 is 2.32 bits per heavy atom. The van der Waals surface area contributed by atoms with Gasteiger partial charge in [-0.2, -0.15) is 0 Å². The molecule has 98 valence electrons. The Kier molecular flexibility index (Phi) is 4.55. The third-order valence-corrected chi connectivity index (χ3v) is 3.18. The first kappa shape index (κ1) is 13.6. The van der Waals surface area contributed by atoms with Crippen molar-refractivity contribution in [2.45, 2.75) is 12.0 Å². The number of nitrogens with one attached hydrogen (secondary N) is 1. The van der Waals surface area contributed by atoms with Crippen molar-refractivity contribution in [2.75, 3.05) is 5.32 Å². The molecule has 2 N–H and O–H groups in total. The molecule has 0 spiro atoms. The van der Waals surface area contributed by atoms with Crippen LogP contribution in [0.5, 0.6) is 0 Å². The first-order valence-corrected chi connectivity index (χ1v) is 6.34. The molecule has 0 aromatic heterocycles. The van der Waals surface area contributed by atoms with Gasteiger partial charge in [0.2, 0.25) is 5.91 Å². The number of amides is 1. The van der Waals surface area contributed by atoms with Crippen molar-refractivity contribution >= 4 is 23.2 Å². The summed E-state index contributed by atoms with van der Waals surface area (Å²) in [5.41, 5.74) is 2.21. The van der Waals surface area contributed by atoms with Crippen molar-refractivity contribution in [3.05, 3.63) is 65.7 Å². The highest BCUT2D eigenvalue weighted by Gasteiger charge is 2.17. The molecule has 0 aliphatic rings. The summed E-state index contributed by atoms with van der Waals surface area (Å²) >= 11 is 6.11. The Balaban J connectivity index is 2.04. The highest BCUT2D eigenvalue weighted by molar-refractivity contribution is 6.32. The van der Waals surface area contributed by atoms with Crippen LogP contribution in [0.3, 0.4) is 0 Å². The fraction of sp³-hybridized carbons (Fsp3) is 0.133. The molecular formula is C15H14ClNO2. The molecule has 2 rings (SSSR count). The van der Waals surface area contributed by atoms with Gasteiger partial charge in [0.25, 0.3) is 0 Å². The van der Waals surface area contributed by atoms with Gasteiger partial charge in [-0.05, 0) is 23.3 Å². The molecule has 0 bridgehead atoms. The quantitative estimate of drug-likeness (QED) is 0.843. The van der Waals surface area contributed by atoms with E-state index >= 15 is 0 Å². The van der Waals surface area contributed by atoms with E-state index in [0.29, 0.717) is 5.69 Å². The zero-order valence-corrected chi connectivity index (χ0v) is 11.0. The highest BCUT2D eigenvalue weighted by atomic mass is 35.5. The first-order chi connectivity index (χ1) is 9.20. The molecule has 1 unspecified atom stereocenters. The second-order valence-electron chi connectivity index (χ2n) is 4.12. The van der Waals surface area contributed by atoms with E-state index in [1.165, 1.54) is 0 Å². The predicted molar refractivity (Wildman–Crippen MR) is 76.0 cm³/mol. The van der Waals surface area contributed by atoms with E-state index in [1.54, 1.807) is 24.3 Å². The van der Waals surface area contributed by atoms with Crippen LogP contribution in [0, 0.1) is 0 Å². The Labute approximate surface area is 116 Å². The molecule has 2 aromatic rings. The van der Waals surface area contributed by atoms with Gasteiger partial charge < -0.3 is 10.4 Å². The van der Waals surface area contributed by atoms with Gasteiger partial charge in [-0.3, -0.25) is 4.79 Å². The molecule has 1 amide bonds. The van der Waals surface area contributed by atoms with E-state index in [0.717, 1.165) is 11.1 Å². The van der Waals surface area contributed by atoms with Crippen LogP contribution in [-0.4, -0.2) is 11.0 Å². The van der Waals surface area contributed by atoms with Gasteiger partial charge in [0.15, 0.2) is 0 Å². The van der Waals surface area contributed by atoms with Gasteiger partial charge in [0.05, 0.1) is 6.61 Å². The average molecular weight is 276 g/mol. The standard InChI is InChI=1S/C15H14ClNO2/c16-14(12-4-2-1-3-5-12)15(19)17-13-8-6-11(10-18)7-9-13/h1-9,14,18H,10H2,(H,17,19). The van der Waals surface area contributed by atoms with Crippen molar-refractivity contribution in [3.8, 4) is 0 Å². The lowest BCUT2D eigenvalue weighted by atomic mass is 10.1. The van der Waals surface area contributed by atoms with Crippen molar-refractivity contribution in [1.82, 2.24) is 0 Å². The fourth-order valence-electron chi connectivity index (χ4n) is 1.67. The summed E-state index contributed by atoms with van der Waals surface area (Å²) in [5, 5.41) is 11.0. The van der Waals surface area contributed by atoms with Gasteiger partial charge in [-0.15, -0.1) is 11.6 Å². The van der Waals surface area contributed by atoms with Gasteiger partial charge in [0.1, 0.15) is 5.38 Å². The van der Waals surface area contributed by atoms with E-state index in [9.17, 15) is 4.79 Å². The molecule has 2 aromatic carbocycles. The van der Waals surface area contributed by atoms with Gasteiger partial charge >= 0.3 is 0 Å². The van der Waals surface area contributed by atoms with Gasteiger partial charge in [-0.25, -0.2) is 0 Å². The molecule has 0 saturated carbocycles. The molecule has 0 aliphatic heterocycles. The third-order valence-electron chi connectivity index (χ3n) is 2.73. The largest absolute Gasteiger partial charge is 0.392 e. The molecule has 1 atom stereocenters. The van der Waals surface area contributed by atoms with Crippen LogP contribution in [0.2, 0.25) is 0 Å². The first-order valence-electron chi connectivity index (χ1n) is 5.90. The second-order valence-corrected chi connectivity index (χ2v) is 4.55. The number of halogens is 1. The summed E-state index contributed by atoms with van der Waals surface area (Å²) in [6, 6.07) is 16.2. The van der Waals surface area contributed by atoms with Gasteiger partial charge in [-0.1, -0.05) is 42.5 Å². The normalized spacial score (nSPS) is 11.9. The number of hydrogen-bond donors (Lipinski definition) is 2. The van der Waals surface area contributed by atoms with Crippen molar-refractivity contribution in [1.29, 1.82) is 0 Å². The minimum absolute atomic E-state index is 0.0175. The molecule has 0 fully saturated rings. The van der Waals surface area contributed by atoms with E-state index in [-0.39, 0.29) is 12.5 Å². The number of aliphatic hydroxyl groups is 1. The number of benzene rings is 2. The molecule has 19 heavy (non-hydrogen) atoms. The maximum absolute atomic E-state index is 12.0. The van der Waals surface area contributed by atoms with Crippen LogP contribution < -0.4 is 5.32 Å². The summed E-state index contributed by atoms with van der Waals surface area (Å²) in [7, 11) is 0. The molecule has 0 radical (unpaired) electrons. The Morgan fingerprint density at radius 1 is 1.11 bits per heavy atom. The van der Waals surface area contributed by atoms with E-state index in [1.807, 2.05) is 30.3 Å². The van der Waals surface area contributed by atoms with Gasteiger partial charge in [0, 0.05) is 5.69 Å². The Bertz CT molecular complexity index is 540. The minimum atomic E-state index is -0.723. The smallest absolute Gasteiger partial charge is 0.246 e. The number of rotatable bonds is 4. The van der Waals surface area contributed by atoms with Crippen molar-refractivity contribution in [3.63, 3.8) is 0 Å². The Hall–Kier alpha value is -1.84. The lowest BCUT2D eigenvalue weighted by Gasteiger charge is -2.11. The number of hydrogen-bond acceptors (Lipinski definition) is 2. The summed E-state index contributed by atoms with van der Waals surface area (Å²) < 4.78 is 0. The molecule has 0 saturated heterocycles. The zero-order chi connectivity index (χ0) is 13.7. The number of carbonyl (C=O) groups is 1. The van der Waals surface area contributed by atoms with E-state index in [2.05, 4.69) is 5.32 Å². The maximum Gasteiger partial charge on any atom is 0.246 e. The van der Waals surface area contributed by atoms with Crippen LogP contribution in [0.25, 0.3) is 0 Å². The monoisotopic (exact) mass is 275 g/mol. The summed E-state index contributed by atoms with van der Waals surface area (Å²) in [5.74, 6) is -0.274. The third kappa shape index (κ3) is 3.56. The SMILES string of the molecule is O=C(Nc1ccc(CO)cc1)C(Cl)c1ccccc1. The fourth-order valence-corrected chi connectivity index (χ4v) is 1.87.